The first-order chi connectivity index (χ1) is 9.66. The lowest BCUT2D eigenvalue weighted by molar-refractivity contribution is -0.0778. The average Bonchev–Trinajstić information content (AvgIpc) is 2.58. The molecule has 0 bridgehead atoms. The molecule has 2 atom stereocenters. The Morgan fingerprint density at radius 2 is 1.90 bits per heavy atom. The molecular weight excluding hydrogens is 305 g/mol. The molecule has 0 spiro atoms. The van der Waals surface area contributed by atoms with E-state index in [0.29, 0.717) is 16.0 Å². The summed E-state index contributed by atoms with van der Waals surface area (Å²) in [6.07, 6.45) is 1.01. The molecule has 1 fully saturated rings. The fraction of sp³-hybridized carbons (Fsp3) is 0.647. The fourth-order valence-electron chi connectivity index (χ4n) is 3.54. The van der Waals surface area contributed by atoms with Crippen LogP contribution in [0.2, 0.25) is 10.0 Å². The van der Waals surface area contributed by atoms with Crippen LogP contribution in [-0.4, -0.2) is 17.7 Å². The highest BCUT2D eigenvalue weighted by atomic mass is 35.5. The molecule has 0 aromatic heterocycles. The zero-order valence-corrected chi connectivity index (χ0v) is 15.0. The molecule has 2 unspecified atom stereocenters. The summed E-state index contributed by atoms with van der Waals surface area (Å²) in [6.45, 7) is 11.7. The minimum atomic E-state index is -0.178. The van der Waals surface area contributed by atoms with Crippen molar-refractivity contribution in [3.8, 4) is 0 Å². The van der Waals surface area contributed by atoms with Crippen molar-refractivity contribution in [1.82, 2.24) is 5.32 Å². The smallest absolute Gasteiger partial charge is 0.0681 e. The van der Waals surface area contributed by atoms with Crippen LogP contribution in [0.1, 0.15) is 52.6 Å². The number of nitrogens with one attached hydrogen (secondary N) is 1. The summed E-state index contributed by atoms with van der Waals surface area (Å²) in [5.74, 6) is 0.379. The zero-order valence-electron chi connectivity index (χ0n) is 13.5. The van der Waals surface area contributed by atoms with E-state index < -0.39 is 0 Å². The van der Waals surface area contributed by atoms with E-state index in [2.05, 4.69) is 46.0 Å². The van der Waals surface area contributed by atoms with Crippen molar-refractivity contribution < 1.29 is 4.74 Å². The van der Waals surface area contributed by atoms with Crippen molar-refractivity contribution in [2.45, 2.75) is 58.3 Å². The molecule has 1 aliphatic heterocycles. The summed E-state index contributed by atoms with van der Waals surface area (Å²) < 4.78 is 6.25. The van der Waals surface area contributed by atoms with Crippen LogP contribution in [0, 0.1) is 5.92 Å². The van der Waals surface area contributed by atoms with Crippen molar-refractivity contribution >= 4 is 23.2 Å². The van der Waals surface area contributed by atoms with E-state index >= 15 is 0 Å². The first kappa shape index (κ1) is 17.1. The van der Waals surface area contributed by atoms with Gasteiger partial charge >= 0.3 is 0 Å². The Balaban J connectivity index is 2.36. The predicted molar refractivity (Wildman–Crippen MR) is 90.2 cm³/mol. The standard InChI is InChI=1S/C17H25Cl2NO/c1-6-20-15(11-7-8-13(18)14(19)9-11)12-10-16(2,3)21-17(12,4)5/h7-9,12,15,20H,6,10H2,1-5H3. The summed E-state index contributed by atoms with van der Waals surface area (Å²) in [4.78, 5) is 0. The van der Waals surface area contributed by atoms with Gasteiger partial charge in [-0.05, 0) is 58.4 Å². The van der Waals surface area contributed by atoms with Crippen molar-refractivity contribution in [2.24, 2.45) is 5.92 Å². The van der Waals surface area contributed by atoms with Gasteiger partial charge in [-0.1, -0.05) is 36.2 Å². The van der Waals surface area contributed by atoms with Crippen molar-refractivity contribution in [3.63, 3.8) is 0 Å². The van der Waals surface area contributed by atoms with Crippen LogP contribution in [0.25, 0.3) is 0 Å². The van der Waals surface area contributed by atoms with E-state index in [1.54, 1.807) is 0 Å². The third kappa shape index (κ3) is 3.73. The minimum Gasteiger partial charge on any atom is -0.369 e. The maximum absolute atomic E-state index is 6.25. The van der Waals surface area contributed by atoms with Crippen molar-refractivity contribution in [2.75, 3.05) is 6.54 Å². The van der Waals surface area contributed by atoms with Crippen LogP contribution >= 0.6 is 23.2 Å². The van der Waals surface area contributed by atoms with Gasteiger partial charge in [-0.3, -0.25) is 0 Å². The van der Waals surface area contributed by atoms with Gasteiger partial charge in [0.1, 0.15) is 0 Å². The average molecular weight is 330 g/mol. The van der Waals surface area contributed by atoms with Crippen LogP contribution in [0.5, 0.6) is 0 Å². The number of hydrogen-bond donors (Lipinski definition) is 1. The third-order valence-corrected chi connectivity index (χ3v) is 5.01. The predicted octanol–water partition coefficient (Wildman–Crippen LogP) is 5.24. The molecule has 0 saturated carbocycles. The Bertz CT molecular complexity index is 514. The summed E-state index contributed by atoms with van der Waals surface area (Å²) >= 11 is 12.2. The molecule has 2 rings (SSSR count). The van der Waals surface area contributed by atoms with Gasteiger partial charge in [-0.15, -0.1) is 0 Å². The second kappa shape index (κ2) is 6.08. The highest BCUT2D eigenvalue weighted by Crippen LogP contribution is 2.48. The van der Waals surface area contributed by atoms with Crippen molar-refractivity contribution in [3.05, 3.63) is 33.8 Å². The molecule has 1 aliphatic rings. The van der Waals surface area contributed by atoms with Crippen LogP contribution < -0.4 is 5.32 Å². The van der Waals surface area contributed by atoms with Crippen LogP contribution in [0.15, 0.2) is 18.2 Å². The van der Waals surface area contributed by atoms with E-state index in [0.717, 1.165) is 13.0 Å². The molecule has 1 N–H and O–H groups in total. The molecule has 4 heteroatoms. The number of halogens is 2. The molecule has 0 aliphatic carbocycles. The molecule has 1 heterocycles. The van der Waals surface area contributed by atoms with Crippen LogP contribution in [0.3, 0.4) is 0 Å². The lowest BCUT2D eigenvalue weighted by atomic mass is 9.79. The minimum absolute atomic E-state index is 0.0991. The first-order valence-electron chi connectivity index (χ1n) is 7.55. The lowest BCUT2D eigenvalue weighted by Crippen LogP contribution is -2.38. The van der Waals surface area contributed by atoms with Gasteiger partial charge in [0.05, 0.1) is 21.2 Å². The first-order valence-corrected chi connectivity index (χ1v) is 8.30. The second-order valence-corrected chi connectivity index (χ2v) is 7.80. The van der Waals surface area contributed by atoms with Crippen LogP contribution in [0.4, 0.5) is 0 Å². The summed E-state index contributed by atoms with van der Waals surface area (Å²) in [6, 6.07) is 6.11. The van der Waals surface area contributed by atoms with E-state index in [9.17, 15) is 0 Å². The van der Waals surface area contributed by atoms with Gasteiger partial charge in [-0.25, -0.2) is 0 Å². The highest BCUT2D eigenvalue weighted by molar-refractivity contribution is 6.42. The largest absolute Gasteiger partial charge is 0.369 e. The van der Waals surface area contributed by atoms with Gasteiger partial charge in [0.25, 0.3) is 0 Å². The second-order valence-electron chi connectivity index (χ2n) is 6.98. The quantitative estimate of drug-likeness (QED) is 0.815. The van der Waals surface area contributed by atoms with E-state index in [1.807, 2.05) is 12.1 Å². The molecule has 2 nitrogen and oxygen atoms in total. The van der Waals surface area contributed by atoms with E-state index in [-0.39, 0.29) is 17.2 Å². The third-order valence-electron chi connectivity index (χ3n) is 4.27. The Kier molecular flexibility index (Phi) is 4.94. The maximum atomic E-state index is 6.25. The Labute approximate surface area is 138 Å². The maximum Gasteiger partial charge on any atom is 0.0681 e. The van der Waals surface area contributed by atoms with Gasteiger partial charge in [0.2, 0.25) is 0 Å². The molecule has 1 saturated heterocycles. The van der Waals surface area contributed by atoms with Gasteiger partial charge in [0.15, 0.2) is 0 Å². The summed E-state index contributed by atoms with van der Waals surface area (Å²) in [5, 5.41) is 4.80. The normalized spacial score (nSPS) is 25.0. The summed E-state index contributed by atoms with van der Waals surface area (Å²) in [7, 11) is 0. The zero-order chi connectivity index (χ0) is 15.8. The SMILES string of the molecule is CCNC(c1ccc(Cl)c(Cl)c1)C1CC(C)(C)OC1(C)C. The summed E-state index contributed by atoms with van der Waals surface area (Å²) in [5.41, 5.74) is 0.895. The number of hydrogen-bond acceptors (Lipinski definition) is 2. The highest BCUT2D eigenvalue weighted by Gasteiger charge is 2.49. The van der Waals surface area contributed by atoms with E-state index in [4.69, 9.17) is 27.9 Å². The molecule has 118 valence electrons. The van der Waals surface area contributed by atoms with Gasteiger partial charge in [-0.2, -0.15) is 0 Å². The lowest BCUT2D eigenvalue weighted by Gasteiger charge is -2.34. The number of benzene rings is 1. The number of rotatable bonds is 4. The molecule has 1 aromatic carbocycles. The molecular formula is C17H25Cl2NO. The van der Waals surface area contributed by atoms with Gasteiger partial charge < -0.3 is 10.1 Å². The fourth-order valence-corrected chi connectivity index (χ4v) is 3.85. The molecule has 0 amide bonds. The Morgan fingerprint density at radius 1 is 1.24 bits per heavy atom. The monoisotopic (exact) mass is 329 g/mol. The van der Waals surface area contributed by atoms with Crippen molar-refractivity contribution in [1.29, 1.82) is 0 Å². The molecule has 1 aromatic rings. The molecule has 21 heavy (non-hydrogen) atoms. The van der Waals surface area contributed by atoms with E-state index in [1.165, 1.54) is 5.56 Å². The number of ether oxygens (including phenoxy) is 1. The topological polar surface area (TPSA) is 21.3 Å². The van der Waals surface area contributed by atoms with Crippen LogP contribution in [-0.2, 0) is 4.74 Å². The Morgan fingerprint density at radius 3 is 2.38 bits per heavy atom. The Hall–Kier alpha value is -0.280. The molecule has 0 radical (unpaired) electrons. The van der Waals surface area contributed by atoms with Gasteiger partial charge in [0, 0.05) is 12.0 Å².